The average Bonchev–Trinajstić information content (AvgIpc) is 2.49. The number of nitrogens with one attached hydrogen (secondary N) is 2. The van der Waals surface area contributed by atoms with E-state index in [0.29, 0.717) is 17.8 Å². The molecule has 0 amide bonds. The summed E-state index contributed by atoms with van der Waals surface area (Å²) < 4.78 is 27.2. The van der Waals surface area contributed by atoms with Crippen LogP contribution >= 0.6 is 0 Å². The molecule has 0 unspecified atom stereocenters. The van der Waals surface area contributed by atoms with Crippen molar-refractivity contribution in [3.63, 3.8) is 0 Å². The number of rotatable bonds is 6. The van der Waals surface area contributed by atoms with E-state index < -0.39 is 10.0 Å². The number of hydrogen-bond donors (Lipinski definition) is 3. The van der Waals surface area contributed by atoms with Gasteiger partial charge >= 0.3 is 0 Å². The molecule has 1 aromatic heterocycles. The van der Waals surface area contributed by atoms with E-state index in [9.17, 15) is 8.42 Å². The summed E-state index contributed by atoms with van der Waals surface area (Å²) in [6, 6.07) is 8.47. The van der Waals surface area contributed by atoms with Crippen LogP contribution in [0.3, 0.4) is 0 Å². The standard InChI is InChI=1S/C14H17N3O3S/c1-15-13-6-8-16-10-14(13)21(19,20)17-12-4-2-11(3-5-12)7-9-18/h2-6,8,10,17-18H,7,9H2,1H3,(H,15,16). The molecule has 0 aliphatic carbocycles. The van der Waals surface area contributed by atoms with E-state index in [1.807, 2.05) is 0 Å². The predicted molar refractivity (Wildman–Crippen MR) is 81.8 cm³/mol. The fourth-order valence-corrected chi connectivity index (χ4v) is 3.09. The van der Waals surface area contributed by atoms with E-state index in [1.165, 1.54) is 12.4 Å². The molecular weight excluding hydrogens is 290 g/mol. The largest absolute Gasteiger partial charge is 0.396 e. The highest BCUT2D eigenvalue weighted by Gasteiger charge is 2.18. The van der Waals surface area contributed by atoms with Crippen LogP contribution in [0.5, 0.6) is 0 Å². The summed E-state index contributed by atoms with van der Waals surface area (Å²) in [6.07, 6.45) is 3.36. The molecule has 1 aromatic carbocycles. The van der Waals surface area contributed by atoms with Gasteiger partial charge in [-0.05, 0) is 30.2 Å². The lowest BCUT2D eigenvalue weighted by atomic mass is 10.1. The maximum Gasteiger partial charge on any atom is 0.265 e. The SMILES string of the molecule is CNc1ccncc1S(=O)(=O)Nc1ccc(CCO)cc1. The van der Waals surface area contributed by atoms with Crippen LogP contribution in [0.4, 0.5) is 11.4 Å². The molecule has 0 atom stereocenters. The summed E-state index contributed by atoms with van der Waals surface area (Å²) in [7, 11) is -2.05. The van der Waals surface area contributed by atoms with Gasteiger partial charge in [-0.3, -0.25) is 9.71 Å². The molecule has 112 valence electrons. The van der Waals surface area contributed by atoms with Gasteiger partial charge in [-0.1, -0.05) is 12.1 Å². The Hall–Kier alpha value is -2.12. The lowest BCUT2D eigenvalue weighted by Crippen LogP contribution is -2.15. The quantitative estimate of drug-likeness (QED) is 0.751. The second-order valence-electron chi connectivity index (χ2n) is 4.40. The molecule has 6 nitrogen and oxygen atoms in total. The number of benzene rings is 1. The van der Waals surface area contributed by atoms with Gasteiger partial charge in [-0.25, -0.2) is 8.42 Å². The summed E-state index contributed by atoms with van der Waals surface area (Å²) in [4.78, 5) is 3.94. The molecule has 0 radical (unpaired) electrons. The Bertz CT molecular complexity index is 700. The zero-order chi connectivity index (χ0) is 15.3. The van der Waals surface area contributed by atoms with Gasteiger partial charge in [0.1, 0.15) is 4.90 Å². The molecule has 1 heterocycles. The zero-order valence-corrected chi connectivity index (χ0v) is 12.4. The number of pyridine rings is 1. The van der Waals surface area contributed by atoms with Crippen LogP contribution in [0.25, 0.3) is 0 Å². The highest BCUT2D eigenvalue weighted by molar-refractivity contribution is 7.92. The van der Waals surface area contributed by atoms with Crippen molar-refractivity contribution in [3.05, 3.63) is 48.3 Å². The van der Waals surface area contributed by atoms with Gasteiger partial charge in [0.05, 0.1) is 5.69 Å². The van der Waals surface area contributed by atoms with Crippen molar-refractivity contribution in [1.82, 2.24) is 4.98 Å². The van der Waals surface area contributed by atoms with Crippen LogP contribution in [-0.4, -0.2) is 32.2 Å². The first kappa shape index (κ1) is 15.3. The van der Waals surface area contributed by atoms with E-state index in [2.05, 4.69) is 15.0 Å². The Kier molecular flexibility index (Phi) is 4.77. The van der Waals surface area contributed by atoms with E-state index in [0.717, 1.165) is 5.56 Å². The zero-order valence-electron chi connectivity index (χ0n) is 11.6. The summed E-state index contributed by atoms with van der Waals surface area (Å²) in [5.74, 6) is 0. The number of aliphatic hydroxyl groups excluding tert-OH is 1. The monoisotopic (exact) mass is 307 g/mol. The fourth-order valence-electron chi connectivity index (χ4n) is 1.88. The minimum Gasteiger partial charge on any atom is -0.396 e. The maximum absolute atomic E-state index is 12.4. The van der Waals surface area contributed by atoms with Crippen molar-refractivity contribution in [2.75, 3.05) is 23.7 Å². The van der Waals surface area contributed by atoms with E-state index >= 15 is 0 Å². The molecule has 0 fully saturated rings. The molecule has 0 saturated carbocycles. The molecule has 7 heteroatoms. The highest BCUT2D eigenvalue weighted by Crippen LogP contribution is 2.22. The second kappa shape index (κ2) is 6.55. The number of sulfonamides is 1. The molecule has 0 saturated heterocycles. The summed E-state index contributed by atoms with van der Waals surface area (Å²) >= 11 is 0. The van der Waals surface area contributed by atoms with Crippen molar-refractivity contribution < 1.29 is 13.5 Å². The number of aliphatic hydroxyl groups is 1. The van der Waals surface area contributed by atoms with Gasteiger partial charge < -0.3 is 10.4 Å². The predicted octanol–water partition coefficient (Wildman–Crippen LogP) is 1.46. The van der Waals surface area contributed by atoms with Crippen molar-refractivity contribution in [3.8, 4) is 0 Å². The molecule has 3 N–H and O–H groups in total. The van der Waals surface area contributed by atoms with Crippen LogP contribution in [0, 0.1) is 0 Å². The fraction of sp³-hybridized carbons (Fsp3) is 0.214. The minimum atomic E-state index is -3.71. The van der Waals surface area contributed by atoms with Gasteiger partial charge in [0.25, 0.3) is 10.0 Å². The third kappa shape index (κ3) is 3.71. The Labute approximate surface area is 123 Å². The summed E-state index contributed by atoms with van der Waals surface area (Å²) in [6.45, 7) is 0.0618. The summed E-state index contributed by atoms with van der Waals surface area (Å²) in [5.41, 5.74) is 1.88. The Morgan fingerprint density at radius 3 is 2.52 bits per heavy atom. The van der Waals surface area contributed by atoms with Crippen molar-refractivity contribution >= 4 is 21.4 Å². The van der Waals surface area contributed by atoms with Crippen LogP contribution in [0.2, 0.25) is 0 Å². The topological polar surface area (TPSA) is 91.3 Å². The molecule has 0 aliphatic heterocycles. The normalized spacial score (nSPS) is 11.1. The van der Waals surface area contributed by atoms with Crippen LogP contribution < -0.4 is 10.0 Å². The van der Waals surface area contributed by atoms with Crippen molar-refractivity contribution in [2.45, 2.75) is 11.3 Å². The molecule has 0 aliphatic rings. The Morgan fingerprint density at radius 1 is 1.19 bits per heavy atom. The molecular formula is C14H17N3O3S. The third-order valence-corrected chi connectivity index (χ3v) is 4.36. The van der Waals surface area contributed by atoms with Crippen molar-refractivity contribution in [2.24, 2.45) is 0 Å². The van der Waals surface area contributed by atoms with Gasteiger partial charge in [0.15, 0.2) is 0 Å². The Balaban J connectivity index is 2.24. The van der Waals surface area contributed by atoms with E-state index in [-0.39, 0.29) is 11.5 Å². The lowest BCUT2D eigenvalue weighted by molar-refractivity contribution is 0.299. The number of nitrogens with zero attached hydrogens (tertiary/aromatic N) is 1. The highest BCUT2D eigenvalue weighted by atomic mass is 32.2. The average molecular weight is 307 g/mol. The summed E-state index contributed by atoms with van der Waals surface area (Å²) in [5, 5.41) is 11.7. The molecule has 21 heavy (non-hydrogen) atoms. The third-order valence-electron chi connectivity index (χ3n) is 2.95. The molecule has 2 aromatic rings. The second-order valence-corrected chi connectivity index (χ2v) is 6.05. The lowest BCUT2D eigenvalue weighted by Gasteiger charge is -2.11. The molecule has 2 rings (SSSR count). The smallest absolute Gasteiger partial charge is 0.265 e. The van der Waals surface area contributed by atoms with Gasteiger partial charge in [0.2, 0.25) is 0 Å². The van der Waals surface area contributed by atoms with Crippen LogP contribution in [0.1, 0.15) is 5.56 Å². The number of anilines is 2. The first-order chi connectivity index (χ1) is 10.1. The van der Waals surface area contributed by atoms with Crippen molar-refractivity contribution in [1.29, 1.82) is 0 Å². The molecule has 0 bridgehead atoms. The van der Waals surface area contributed by atoms with Gasteiger partial charge in [0, 0.05) is 31.7 Å². The first-order valence-electron chi connectivity index (χ1n) is 6.41. The van der Waals surface area contributed by atoms with Crippen LogP contribution in [-0.2, 0) is 16.4 Å². The van der Waals surface area contributed by atoms with Gasteiger partial charge in [-0.15, -0.1) is 0 Å². The minimum absolute atomic E-state index is 0.0618. The number of aromatic nitrogens is 1. The Morgan fingerprint density at radius 2 is 1.90 bits per heavy atom. The van der Waals surface area contributed by atoms with Gasteiger partial charge in [-0.2, -0.15) is 0 Å². The van der Waals surface area contributed by atoms with Crippen LogP contribution in [0.15, 0.2) is 47.6 Å². The van der Waals surface area contributed by atoms with E-state index in [4.69, 9.17) is 5.11 Å². The maximum atomic E-state index is 12.4. The number of hydrogen-bond acceptors (Lipinski definition) is 5. The first-order valence-corrected chi connectivity index (χ1v) is 7.89. The molecule has 0 spiro atoms. The van der Waals surface area contributed by atoms with E-state index in [1.54, 1.807) is 37.4 Å².